The highest BCUT2D eigenvalue weighted by atomic mass is 14.4. The van der Waals surface area contributed by atoms with Gasteiger partial charge < -0.3 is 0 Å². The molecule has 0 heterocycles. The van der Waals surface area contributed by atoms with Gasteiger partial charge in [0.2, 0.25) is 0 Å². The van der Waals surface area contributed by atoms with E-state index in [9.17, 15) is 0 Å². The van der Waals surface area contributed by atoms with E-state index in [0.29, 0.717) is 5.92 Å². The molecule has 2 aliphatic rings. The Balaban J connectivity index is 2.40. The lowest BCUT2D eigenvalue weighted by Gasteiger charge is -1.95. The minimum absolute atomic E-state index is 0.657. The predicted molar refractivity (Wildman–Crippen MR) is 33.2 cm³/mol. The Morgan fingerprint density at radius 2 is 2.38 bits per heavy atom. The van der Waals surface area contributed by atoms with E-state index >= 15 is 0 Å². The lowest BCUT2D eigenvalue weighted by Crippen LogP contribution is -1.84. The highest BCUT2D eigenvalue weighted by molar-refractivity contribution is 5.55. The summed E-state index contributed by atoms with van der Waals surface area (Å²) in [5.41, 5.74) is 4.65. The van der Waals surface area contributed by atoms with Gasteiger partial charge >= 0.3 is 0 Å². The van der Waals surface area contributed by atoms with E-state index in [1.807, 2.05) is 0 Å². The van der Waals surface area contributed by atoms with E-state index < -0.39 is 0 Å². The Kier molecular flexibility index (Phi) is 0.585. The van der Waals surface area contributed by atoms with Gasteiger partial charge in [-0.3, -0.25) is 0 Å². The third kappa shape index (κ3) is 0.360. The van der Waals surface area contributed by atoms with Gasteiger partial charge in [0.1, 0.15) is 0 Å². The van der Waals surface area contributed by atoms with Crippen LogP contribution in [0, 0.1) is 12.0 Å². The van der Waals surface area contributed by atoms with Crippen LogP contribution in [-0.4, -0.2) is 0 Å². The molecule has 0 nitrogen and oxygen atoms in total. The number of hydrogen-bond acceptors (Lipinski definition) is 0. The fourth-order valence-electron chi connectivity index (χ4n) is 1.43. The second-order valence-electron chi connectivity index (χ2n) is 2.67. The van der Waals surface area contributed by atoms with Crippen LogP contribution in [0.2, 0.25) is 0 Å². The molecule has 0 bridgehead atoms. The lowest BCUT2D eigenvalue weighted by molar-refractivity contribution is 0.860. The number of hydrogen-bond donors (Lipinski definition) is 0. The highest BCUT2D eigenvalue weighted by Crippen LogP contribution is 2.47. The van der Waals surface area contributed by atoms with Crippen LogP contribution in [0.25, 0.3) is 0 Å². The van der Waals surface area contributed by atoms with Crippen molar-refractivity contribution in [2.45, 2.75) is 20.3 Å². The van der Waals surface area contributed by atoms with Crippen molar-refractivity contribution in [2.24, 2.45) is 5.92 Å². The molecule has 0 aromatic rings. The Morgan fingerprint density at radius 1 is 1.62 bits per heavy atom. The Bertz CT molecular complexity index is 194. The molecule has 0 saturated carbocycles. The molecule has 2 aliphatic carbocycles. The first kappa shape index (κ1) is 4.37. The largest absolute Gasteiger partial charge is 0.0548 e. The minimum Gasteiger partial charge on any atom is -0.0548 e. The van der Waals surface area contributed by atoms with E-state index in [1.165, 1.54) is 12.0 Å². The Labute approximate surface area is 49.9 Å². The molecule has 0 fully saturated rings. The van der Waals surface area contributed by atoms with Crippen molar-refractivity contribution < 1.29 is 0 Å². The van der Waals surface area contributed by atoms with E-state index in [1.54, 1.807) is 11.1 Å². The Morgan fingerprint density at radius 3 is 2.50 bits per heavy atom. The topological polar surface area (TPSA) is 0 Å². The van der Waals surface area contributed by atoms with Gasteiger partial charge in [0, 0.05) is 5.92 Å². The maximum atomic E-state index is 3.36. The average Bonchev–Trinajstić information content (AvgIpc) is 2.35. The van der Waals surface area contributed by atoms with Crippen molar-refractivity contribution in [1.82, 2.24) is 0 Å². The third-order valence-electron chi connectivity index (χ3n) is 2.04. The predicted octanol–water partition coefficient (Wildman–Crippen LogP) is 2.09. The van der Waals surface area contributed by atoms with Crippen molar-refractivity contribution in [3.63, 3.8) is 0 Å². The van der Waals surface area contributed by atoms with Crippen molar-refractivity contribution in [3.05, 3.63) is 22.8 Å². The van der Waals surface area contributed by atoms with Gasteiger partial charge in [-0.05, 0) is 30.6 Å². The van der Waals surface area contributed by atoms with Gasteiger partial charge in [-0.2, -0.15) is 0 Å². The standard InChI is InChI=1S/C8H9/c1-5-3-6(2)8-4-7(5)8/h5H,4H2,1-2H3. The molecule has 0 aromatic heterocycles. The molecule has 1 atom stereocenters. The lowest BCUT2D eigenvalue weighted by atomic mass is 10.1. The van der Waals surface area contributed by atoms with Gasteiger partial charge in [0.25, 0.3) is 0 Å². The fourth-order valence-corrected chi connectivity index (χ4v) is 1.43. The summed E-state index contributed by atoms with van der Waals surface area (Å²) in [6.07, 6.45) is 4.65. The zero-order valence-electron chi connectivity index (χ0n) is 5.28. The summed E-state index contributed by atoms with van der Waals surface area (Å²) in [5, 5.41) is 0. The molecule has 2 rings (SSSR count). The summed E-state index contributed by atoms with van der Waals surface area (Å²) in [5.74, 6) is 0.657. The van der Waals surface area contributed by atoms with Crippen LogP contribution in [0.15, 0.2) is 16.7 Å². The molecule has 41 valence electrons. The molecule has 0 aliphatic heterocycles. The van der Waals surface area contributed by atoms with Gasteiger partial charge in [-0.15, -0.1) is 0 Å². The second-order valence-corrected chi connectivity index (χ2v) is 2.67. The third-order valence-corrected chi connectivity index (χ3v) is 2.04. The highest BCUT2D eigenvalue weighted by Gasteiger charge is 2.31. The summed E-state index contributed by atoms with van der Waals surface area (Å²) in [4.78, 5) is 0. The van der Waals surface area contributed by atoms with E-state index in [4.69, 9.17) is 0 Å². The van der Waals surface area contributed by atoms with Crippen LogP contribution in [0.1, 0.15) is 20.3 Å². The van der Waals surface area contributed by atoms with Crippen molar-refractivity contribution in [2.75, 3.05) is 0 Å². The quantitative estimate of drug-likeness (QED) is 0.442. The number of rotatable bonds is 0. The van der Waals surface area contributed by atoms with Crippen LogP contribution in [0.3, 0.4) is 0 Å². The van der Waals surface area contributed by atoms with Crippen molar-refractivity contribution >= 4 is 0 Å². The molecule has 0 saturated heterocycles. The first-order chi connectivity index (χ1) is 3.79. The van der Waals surface area contributed by atoms with Crippen LogP contribution < -0.4 is 0 Å². The second kappa shape index (κ2) is 1.07. The normalized spacial score (nSPS) is 32.8. The first-order valence-electron chi connectivity index (χ1n) is 3.11. The SMILES string of the molecule is CC1=[C]C(C)C2=C1C2. The smallest absolute Gasteiger partial charge is 0.00349 e. The Hall–Kier alpha value is -0.520. The molecule has 0 aromatic carbocycles. The summed E-state index contributed by atoms with van der Waals surface area (Å²) < 4.78 is 0. The zero-order valence-corrected chi connectivity index (χ0v) is 5.28. The van der Waals surface area contributed by atoms with Gasteiger partial charge in [-0.1, -0.05) is 12.5 Å². The van der Waals surface area contributed by atoms with Crippen molar-refractivity contribution in [1.29, 1.82) is 0 Å². The van der Waals surface area contributed by atoms with Gasteiger partial charge in [0.05, 0.1) is 0 Å². The molecule has 1 unspecified atom stereocenters. The van der Waals surface area contributed by atoms with E-state index in [2.05, 4.69) is 19.9 Å². The van der Waals surface area contributed by atoms with Crippen molar-refractivity contribution in [3.8, 4) is 0 Å². The van der Waals surface area contributed by atoms with E-state index in [-0.39, 0.29) is 0 Å². The molecule has 8 heavy (non-hydrogen) atoms. The summed E-state index contributed by atoms with van der Waals surface area (Å²) in [6, 6.07) is 0. The van der Waals surface area contributed by atoms with Crippen LogP contribution in [0.5, 0.6) is 0 Å². The molecule has 1 radical (unpaired) electrons. The molecule has 0 heteroatoms. The van der Waals surface area contributed by atoms with Crippen LogP contribution in [-0.2, 0) is 0 Å². The fraction of sp³-hybridized carbons (Fsp3) is 0.500. The van der Waals surface area contributed by atoms with Gasteiger partial charge in [-0.25, -0.2) is 0 Å². The average molecular weight is 105 g/mol. The molecular formula is C8H9. The monoisotopic (exact) mass is 105 g/mol. The van der Waals surface area contributed by atoms with Gasteiger partial charge in [0.15, 0.2) is 0 Å². The summed E-state index contributed by atoms with van der Waals surface area (Å²) >= 11 is 0. The van der Waals surface area contributed by atoms with Crippen LogP contribution in [0.4, 0.5) is 0 Å². The first-order valence-corrected chi connectivity index (χ1v) is 3.11. The van der Waals surface area contributed by atoms with E-state index in [0.717, 1.165) is 0 Å². The minimum atomic E-state index is 0.657. The zero-order chi connectivity index (χ0) is 5.72. The molecule has 0 spiro atoms. The molecule has 0 N–H and O–H groups in total. The maximum absolute atomic E-state index is 3.36. The maximum Gasteiger partial charge on any atom is 0.00349 e. The van der Waals surface area contributed by atoms with Crippen LogP contribution >= 0.6 is 0 Å². The number of allylic oxidation sites excluding steroid dienone is 4. The summed E-state index contributed by atoms with van der Waals surface area (Å²) in [6.45, 7) is 4.38. The molecular weight excluding hydrogens is 96.1 g/mol. The summed E-state index contributed by atoms with van der Waals surface area (Å²) in [7, 11) is 0. The molecule has 0 amide bonds.